The van der Waals surface area contributed by atoms with E-state index in [1.807, 2.05) is 19.0 Å². The maximum Gasteiger partial charge on any atom is 0.327 e. The van der Waals surface area contributed by atoms with Gasteiger partial charge in [0.25, 0.3) is 5.91 Å². The molecule has 1 heterocycles. The Bertz CT molecular complexity index is 774. The summed E-state index contributed by atoms with van der Waals surface area (Å²) in [5.41, 5.74) is 0.547. The van der Waals surface area contributed by atoms with Gasteiger partial charge in [0.15, 0.2) is 0 Å². The van der Waals surface area contributed by atoms with E-state index in [0.29, 0.717) is 23.6 Å². The molecule has 0 unspecified atom stereocenters. The highest BCUT2D eigenvalue weighted by atomic mass is 35.5. The van der Waals surface area contributed by atoms with Crippen LogP contribution in [0.25, 0.3) is 0 Å². The number of benzene rings is 1. The molecule has 0 radical (unpaired) electrons. The quantitative estimate of drug-likeness (QED) is 0.799. The first-order valence-corrected chi connectivity index (χ1v) is 9.50. The van der Waals surface area contributed by atoms with Gasteiger partial charge in [-0.25, -0.2) is 4.79 Å². The first kappa shape index (κ1) is 19.5. The standard InChI is InChI=1S/C19H25ClN4O3/c1-22(2)15-8-7-13(20)11-14(15)21-16(25)12-24-17(26)19(23(3)18(24)27)9-5-4-6-10-19/h7-8,11H,4-6,9-10,12H2,1-3H3,(H,21,25). The van der Waals surface area contributed by atoms with Crippen molar-refractivity contribution >= 4 is 40.8 Å². The van der Waals surface area contributed by atoms with Crippen LogP contribution in [0.1, 0.15) is 32.1 Å². The van der Waals surface area contributed by atoms with Crippen LogP contribution in [0.4, 0.5) is 16.2 Å². The number of rotatable bonds is 4. The molecule has 27 heavy (non-hydrogen) atoms. The predicted molar refractivity (Wildman–Crippen MR) is 105 cm³/mol. The van der Waals surface area contributed by atoms with Gasteiger partial charge in [0.1, 0.15) is 12.1 Å². The van der Waals surface area contributed by atoms with E-state index in [0.717, 1.165) is 29.8 Å². The third-order valence-corrected chi connectivity index (χ3v) is 5.74. The van der Waals surface area contributed by atoms with Crippen LogP contribution in [-0.2, 0) is 9.59 Å². The summed E-state index contributed by atoms with van der Waals surface area (Å²) < 4.78 is 0. The third kappa shape index (κ3) is 3.48. The molecule has 1 aliphatic carbocycles. The zero-order valence-electron chi connectivity index (χ0n) is 15.9. The Balaban J connectivity index is 1.76. The fourth-order valence-corrected chi connectivity index (χ4v) is 4.17. The largest absolute Gasteiger partial charge is 0.376 e. The lowest BCUT2D eigenvalue weighted by molar-refractivity contribution is -0.136. The van der Waals surface area contributed by atoms with Crippen molar-refractivity contribution in [2.24, 2.45) is 0 Å². The fourth-order valence-electron chi connectivity index (χ4n) is 4.00. The third-order valence-electron chi connectivity index (χ3n) is 5.50. The van der Waals surface area contributed by atoms with E-state index in [1.54, 1.807) is 25.2 Å². The molecule has 2 fully saturated rings. The maximum atomic E-state index is 13.0. The van der Waals surface area contributed by atoms with Crippen molar-refractivity contribution < 1.29 is 14.4 Å². The van der Waals surface area contributed by atoms with Crippen LogP contribution in [0.15, 0.2) is 18.2 Å². The monoisotopic (exact) mass is 392 g/mol. The Morgan fingerprint density at radius 1 is 1.22 bits per heavy atom. The van der Waals surface area contributed by atoms with Crippen LogP contribution in [0, 0.1) is 0 Å². The molecule has 1 saturated carbocycles. The summed E-state index contributed by atoms with van der Waals surface area (Å²) >= 11 is 6.04. The number of amides is 4. The molecule has 0 aromatic heterocycles. The molecular formula is C19H25ClN4O3. The van der Waals surface area contributed by atoms with Gasteiger partial charge in [-0.1, -0.05) is 30.9 Å². The molecule has 2 aliphatic rings. The number of imide groups is 1. The first-order valence-electron chi connectivity index (χ1n) is 9.13. The van der Waals surface area contributed by atoms with Gasteiger partial charge in [-0.2, -0.15) is 0 Å². The van der Waals surface area contributed by atoms with Crippen molar-refractivity contribution in [3.63, 3.8) is 0 Å². The molecule has 4 amide bonds. The summed E-state index contributed by atoms with van der Waals surface area (Å²) in [6.07, 6.45) is 4.21. The van der Waals surface area contributed by atoms with Crippen LogP contribution in [0.2, 0.25) is 5.02 Å². The van der Waals surface area contributed by atoms with Crippen LogP contribution < -0.4 is 10.2 Å². The second-order valence-corrected chi connectivity index (χ2v) is 7.87. The molecule has 0 atom stereocenters. The summed E-state index contributed by atoms with van der Waals surface area (Å²) in [6.45, 7) is -0.302. The molecule has 3 rings (SSSR count). The normalized spacial score (nSPS) is 19.0. The summed E-state index contributed by atoms with van der Waals surface area (Å²) in [5, 5.41) is 3.27. The molecular weight excluding hydrogens is 368 g/mol. The van der Waals surface area contributed by atoms with Gasteiger partial charge < -0.3 is 15.1 Å². The lowest BCUT2D eigenvalue weighted by Crippen LogP contribution is -2.49. The minimum Gasteiger partial charge on any atom is -0.376 e. The highest BCUT2D eigenvalue weighted by molar-refractivity contribution is 6.31. The van der Waals surface area contributed by atoms with E-state index >= 15 is 0 Å². The Morgan fingerprint density at radius 3 is 2.52 bits per heavy atom. The molecule has 1 spiro atoms. The SMILES string of the molecule is CN(C)c1ccc(Cl)cc1NC(=O)CN1C(=O)N(C)C2(CCCCC2)C1=O. The van der Waals surface area contributed by atoms with Crippen molar-refractivity contribution in [3.05, 3.63) is 23.2 Å². The van der Waals surface area contributed by atoms with E-state index in [-0.39, 0.29) is 12.5 Å². The number of carbonyl (C=O) groups is 3. The van der Waals surface area contributed by atoms with Gasteiger partial charge in [0.2, 0.25) is 5.91 Å². The van der Waals surface area contributed by atoms with Crippen molar-refractivity contribution in [2.45, 2.75) is 37.6 Å². The van der Waals surface area contributed by atoms with Crippen LogP contribution in [-0.4, -0.2) is 60.9 Å². The van der Waals surface area contributed by atoms with E-state index in [1.165, 1.54) is 4.90 Å². The van der Waals surface area contributed by atoms with Gasteiger partial charge in [0, 0.05) is 26.2 Å². The molecule has 1 aromatic carbocycles. The van der Waals surface area contributed by atoms with E-state index in [9.17, 15) is 14.4 Å². The summed E-state index contributed by atoms with van der Waals surface area (Å²) in [7, 11) is 5.37. The van der Waals surface area contributed by atoms with Crippen LogP contribution in [0.3, 0.4) is 0 Å². The number of anilines is 2. The van der Waals surface area contributed by atoms with Crippen molar-refractivity contribution in [1.82, 2.24) is 9.80 Å². The topological polar surface area (TPSA) is 73.0 Å². The lowest BCUT2D eigenvalue weighted by Gasteiger charge is -2.35. The van der Waals surface area contributed by atoms with Crippen molar-refractivity contribution in [2.75, 3.05) is 37.9 Å². The lowest BCUT2D eigenvalue weighted by atomic mass is 9.81. The molecule has 7 nitrogen and oxygen atoms in total. The van der Waals surface area contributed by atoms with Crippen LogP contribution in [0.5, 0.6) is 0 Å². The molecule has 1 aromatic rings. The van der Waals surface area contributed by atoms with Gasteiger partial charge in [0.05, 0.1) is 11.4 Å². The minimum atomic E-state index is -0.777. The molecule has 1 N–H and O–H groups in total. The van der Waals surface area contributed by atoms with E-state index < -0.39 is 17.5 Å². The number of carbonyl (C=O) groups excluding carboxylic acids is 3. The van der Waals surface area contributed by atoms with Crippen molar-refractivity contribution in [1.29, 1.82) is 0 Å². The Morgan fingerprint density at radius 2 is 1.89 bits per heavy atom. The predicted octanol–water partition coefficient (Wildman–Crippen LogP) is 2.94. The van der Waals surface area contributed by atoms with E-state index in [4.69, 9.17) is 11.6 Å². The zero-order chi connectivity index (χ0) is 19.8. The molecule has 1 aliphatic heterocycles. The fraction of sp³-hybridized carbons (Fsp3) is 0.526. The molecule has 8 heteroatoms. The number of halogens is 1. The average Bonchev–Trinajstić information content (AvgIpc) is 2.78. The average molecular weight is 393 g/mol. The molecule has 1 saturated heterocycles. The molecule has 146 valence electrons. The Kier molecular flexibility index (Phi) is 5.33. The Hall–Kier alpha value is -2.28. The number of hydrogen-bond acceptors (Lipinski definition) is 4. The maximum absolute atomic E-state index is 13.0. The summed E-state index contributed by atoms with van der Waals surface area (Å²) in [5.74, 6) is -0.688. The van der Waals surface area contributed by atoms with Gasteiger partial charge in [-0.05, 0) is 31.0 Å². The number of urea groups is 1. The number of nitrogens with one attached hydrogen (secondary N) is 1. The number of likely N-dealkylation sites (N-methyl/N-ethyl adjacent to an activating group) is 1. The highest BCUT2D eigenvalue weighted by Gasteiger charge is 2.55. The second-order valence-electron chi connectivity index (χ2n) is 7.43. The smallest absolute Gasteiger partial charge is 0.327 e. The second kappa shape index (κ2) is 7.38. The van der Waals surface area contributed by atoms with E-state index in [2.05, 4.69) is 5.32 Å². The highest BCUT2D eigenvalue weighted by Crippen LogP contribution is 2.39. The molecule has 0 bridgehead atoms. The van der Waals surface area contributed by atoms with Crippen LogP contribution >= 0.6 is 11.6 Å². The summed E-state index contributed by atoms with van der Waals surface area (Å²) in [4.78, 5) is 42.6. The van der Waals surface area contributed by atoms with Gasteiger partial charge >= 0.3 is 6.03 Å². The van der Waals surface area contributed by atoms with Gasteiger partial charge in [-0.3, -0.25) is 14.5 Å². The summed E-state index contributed by atoms with van der Waals surface area (Å²) in [6, 6.07) is 4.78. The Labute approximate surface area is 164 Å². The zero-order valence-corrected chi connectivity index (χ0v) is 16.7. The first-order chi connectivity index (χ1) is 12.8. The number of nitrogens with zero attached hydrogens (tertiary/aromatic N) is 3. The van der Waals surface area contributed by atoms with Gasteiger partial charge in [-0.15, -0.1) is 0 Å². The number of hydrogen-bond donors (Lipinski definition) is 1. The van der Waals surface area contributed by atoms with Crippen molar-refractivity contribution in [3.8, 4) is 0 Å². The minimum absolute atomic E-state index is 0.260.